The molecule has 0 radical (unpaired) electrons. The highest BCUT2D eigenvalue weighted by molar-refractivity contribution is 6.24. The zero-order chi connectivity index (χ0) is 23.5. The summed E-state index contributed by atoms with van der Waals surface area (Å²) in [6.45, 7) is 0.0735. The number of piperidine rings is 1. The van der Waals surface area contributed by atoms with Crippen LogP contribution in [0, 0.1) is 0 Å². The molecule has 2 aromatic carbocycles. The molecule has 8 nitrogen and oxygen atoms in total. The Morgan fingerprint density at radius 1 is 1.06 bits per heavy atom. The molecule has 0 bridgehead atoms. The van der Waals surface area contributed by atoms with Crippen LogP contribution in [-0.4, -0.2) is 40.5 Å². The van der Waals surface area contributed by atoms with Crippen molar-refractivity contribution in [1.29, 1.82) is 0 Å². The first-order chi connectivity index (χ1) is 15.6. The van der Waals surface area contributed by atoms with Crippen LogP contribution in [0.2, 0.25) is 0 Å². The van der Waals surface area contributed by atoms with E-state index in [-0.39, 0.29) is 36.1 Å². The lowest BCUT2D eigenvalue weighted by Crippen LogP contribution is -2.54. The monoisotopic (exact) mass is 454 g/mol. The molecule has 4 amide bonds. The number of halogens is 2. The van der Waals surface area contributed by atoms with Crippen molar-refractivity contribution in [2.24, 2.45) is 5.73 Å². The number of fused-ring (bicyclic) bond motifs is 1. The van der Waals surface area contributed by atoms with E-state index in [0.717, 1.165) is 4.90 Å². The summed E-state index contributed by atoms with van der Waals surface area (Å²) in [5.74, 6) is -5.36. The largest absolute Gasteiger partial charge is 0.381 e. The molecule has 170 valence electrons. The number of nitrogens with two attached hydrogens (primary N) is 1. The van der Waals surface area contributed by atoms with Crippen LogP contribution in [0.1, 0.15) is 51.1 Å². The van der Waals surface area contributed by atoms with Gasteiger partial charge < -0.3 is 11.1 Å². The molecule has 3 aliphatic rings. The van der Waals surface area contributed by atoms with Crippen molar-refractivity contribution in [3.63, 3.8) is 0 Å². The number of alkyl halides is 2. The summed E-state index contributed by atoms with van der Waals surface area (Å²) in [6.07, 6.45) is -0.363. The first-order valence-electron chi connectivity index (χ1n) is 10.5. The van der Waals surface area contributed by atoms with Crippen molar-refractivity contribution in [2.75, 3.05) is 5.32 Å². The van der Waals surface area contributed by atoms with E-state index in [1.165, 1.54) is 12.1 Å². The van der Waals surface area contributed by atoms with E-state index in [0.29, 0.717) is 11.3 Å². The maximum atomic E-state index is 13.9. The van der Waals surface area contributed by atoms with Crippen molar-refractivity contribution in [3.8, 4) is 0 Å². The average molecular weight is 454 g/mol. The summed E-state index contributed by atoms with van der Waals surface area (Å²) in [4.78, 5) is 50.7. The molecule has 5 rings (SSSR count). The molecule has 2 unspecified atom stereocenters. The highest BCUT2D eigenvalue weighted by atomic mass is 19.3. The Labute approximate surface area is 187 Å². The molecule has 1 saturated heterocycles. The molecule has 1 aliphatic carbocycles. The number of carbonyl (C=O) groups is 4. The number of para-hydroxylation sites is 1. The zero-order valence-electron chi connectivity index (χ0n) is 17.4. The van der Waals surface area contributed by atoms with E-state index in [4.69, 9.17) is 5.73 Å². The van der Waals surface area contributed by atoms with E-state index in [1.54, 1.807) is 30.3 Å². The van der Waals surface area contributed by atoms with Crippen LogP contribution in [-0.2, 0) is 21.7 Å². The second-order valence-electron chi connectivity index (χ2n) is 8.54. The van der Waals surface area contributed by atoms with Crippen LogP contribution < -0.4 is 16.4 Å². The Morgan fingerprint density at radius 2 is 1.79 bits per heavy atom. The van der Waals surface area contributed by atoms with Crippen molar-refractivity contribution in [1.82, 2.24) is 10.2 Å². The maximum Gasteiger partial charge on any atom is 0.272 e. The topological polar surface area (TPSA) is 122 Å². The predicted molar refractivity (Wildman–Crippen MR) is 112 cm³/mol. The minimum absolute atomic E-state index is 0.0283. The van der Waals surface area contributed by atoms with Gasteiger partial charge in [-0.2, -0.15) is 0 Å². The smallest absolute Gasteiger partial charge is 0.272 e. The molecule has 4 N–H and O–H groups in total. The van der Waals surface area contributed by atoms with Gasteiger partial charge >= 0.3 is 0 Å². The Balaban J connectivity index is 1.41. The number of hydrogen-bond donors (Lipinski definition) is 3. The van der Waals surface area contributed by atoms with Crippen molar-refractivity contribution < 1.29 is 28.0 Å². The second kappa shape index (κ2) is 7.17. The molecule has 2 atom stereocenters. The molecule has 0 spiro atoms. The highest BCUT2D eigenvalue weighted by Crippen LogP contribution is 2.59. The SMILES string of the molecule is NC1(c2ccccc2NCc2cccc3c2C(=O)N(C2CCC(=O)NC2=O)C3=O)CC1(F)F. The Bertz CT molecular complexity index is 1230. The van der Waals surface area contributed by atoms with Crippen molar-refractivity contribution in [3.05, 3.63) is 64.7 Å². The average Bonchev–Trinajstić information content (AvgIpc) is 3.20. The fourth-order valence-corrected chi connectivity index (χ4v) is 4.55. The number of hydrogen-bond acceptors (Lipinski definition) is 6. The fraction of sp³-hybridized carbons (Fsp3) is 0.304. The molecular formula is C23H20F2N4O4. The van der Waals surface area contributed by atoms with Gasteiger partial charge in [0, 0.05) is 30.6 Å². The predicted octanol–water partition coefficient (Wildman–Crippen LogP) is 1.89. The lowest BCUT2D eigenvalue weighted by Gasteiger charge is -2.27. The van der Waals surface area contributed by atoms with Crippen LogP contribution in [0.15, 0.2) is 42.5 Å². The number of nitrogens with zero attached hydrogens (tertiary/aromatic N) is 1. The fourth-order valence-electron chi connectivity index (χ4n) is 4.55. The molecule has 2 fully saturated rings. The first kappa shape index (κ1) is 21.2. The lowest BCUT2D eigenvalue weighted by molar-refractivity contribution is -0.136. The van der Waals surface area contributed by atoms with E-state index in [2.05, 4.69) is 10.6 Å². The van der Waals surface area contributed by atoms with Gasteiger partial charge in [-0.15, -0.1) is 0 Å². The van der Waals surface area contributed by atoms with Gasteiger partial charge in [0.05, 0.1) is 11.1 Å². The summed E-state index contributed by atoms with van der Waals surface area (Å²) in [5, 5.41) is 5.23. The van der Waals surface area contributed by atoms with Crippen LogP contribution in [0.25, 0.3) is 0 Å². The minimum atomic E-state index is -3.00. The van der Waals surface area contributed by atoms with Crippen LogP contribution in [0.3, 0.4) is 0 Å². The Morgan fingerprint density at radius 3 is 2.48 bits per heavy atom. The van der Waals surface area contributed by atoms with Gasteiger partial charge in [-0.05, 0) is 24.1 Å². The lowest BCUT2D eigenvalue weighted by atomic mass is 10.0. The zero-order valence-corrected chi connectivity index (χ0v) is 17.4. The minimum Gasteiger partial charge on any atom is -0.381 e. The van der Waals surface area contributed by atoms with Gasteiger partial charge in [0.15, 0.2) is 0 Å². The third kappa shape index (κ3) is 3.20. The van der Waals surface area contributed by atoms with E-state index >= 15 is 0 Å². The number of benzene rings is 2. The Hall–Kier alpha value is -3.66. The van der Waals surface area contributed by atoms with Gasteiger partial charge in [0.2, 0.25) is 11.8 Å². The summed E-state index contributed by atoms with van der Waals surface area (Å²) in [5.41, 5.74) is 5.63. The molecule has 2 aliphatic heterocycles. The third-order valence-corrected chi connectivity index (χ3v) is 6.46. The molecule has 2 aromatic rings. The van der Waals surface area contributed by atoms with E-state index in [1.807, 2.05) is 0 Å². The van der Waals surface area contributed by atoms with Gasteiger partial charge in [-0.1, -0.05) is 30.3 Å². The number of rotatable bonds is 5. The molecule has 2 heterocycles. The number of amides is 4. The van der Waals surface area contributed by atoms with Gasteiger partial charge in [-0.3, -0.25) is 29.4 Å². The number of carbonyl (C=O) groups excluding carboxylic acids is 4. The van der Waals surface area contributed by atoms with Gasteiger partial charge in [0.1, 0.15) is 11.6 Å². The van der Waals surface area contributed by atoms with E-state index in [9.17, 15) is 28.0 Å². The molecule has 10 heteroatoms. The van der Waals surface area contributed by atoms with E-state index < -0.39 is 47.6 Å². The molecule has 33 heavy (non-hydrogen) atoms. The van der Waals surface area contributed by atoms with Crippen LogP contribution >= 0.6 is 0 Å². The summed E-state index contributed by atoms with van der Waals surface area (Å²) >= 11 is 0. The van der Waals surface area contributed by atoms with Crippen LogP contribution in [0.5, 0.6) is 0 Å². The number of nitrogens with one attached hydrogen (secondary N) is 2. The van der Waals surface area contributed by atoms with Gasteiger partial charge in [-0.25, -0.2) is 8.78 Å². The second-order valence-corrected chi connectivity index (χ2v) is 8.54. The summed E-state index contributed by atoms with van der Waals surface area (Å²) in [7, 11) is 0. The highest BCUT2D eigenvalue weighted by Gasteiger charge is 2.70. The normalized spacial score (nSPS) is 25.7. The standard InChI is InChI=1S/C23H20F2N4O4/c24-23(25)11-22(23,26)14-6-1-2-7-15(14)27-10-12-4-3-5-13-18(12)21(33)29(20(13)32)16-8-9-17(30)28-19(16)31/h1-7,16,27H,8-11,26H2,(H,28,30,31). The van der Waals surface area contributed by atoms with Gasteiger partial charge in [0.25, 0.3) is 17.7 Å². The molecule has 1 saturated carbocycles. The quantitative estimate of drug-likeness (QED) is 0.594. The van der Waals surface area contributed by atoms with Crippen LogP contribution in [0.4, 0.5) is 14.5 Å². The molecular weight excluding hydrogens is 434 g/mol. The molecule has 0 aromatic heterocycles. The third-order valence-electron chi connectivity index (χ3n) is 6.46. The number of imide groups is 2. The Kier molecular flexibility index (Phi) is 4.61. The summed E-state index contributed by atoms with van der Waals surface area (Å²) in [6, 6.07) is 10.2. The van der Waals surface area contributed by atoms with Crippen molar-refractivity contribution in [2.45, 2.75) is 43.3 Å². The number of anilines is 1. The van der Waals surface area contributed by atoms with Crippen molar-refractivity contribution >= 4 is 29.3 Å². The first-order valence-corrected chi connectivity index (χ1v) is 10.5. The maximum absolute atomic E-state index is 13.9. The summed E-state index contributed by atoms with van der Waals surface area (Å²) < 4.78 is 27.7.